The number of urea groups is 1. The highest BCUT2D eigenvalue weighted by Crippen LogP contribution is 2.29. The molecule has 1 aromatic heterocycles. The Balaban J connectivity index is 1.85. The number of thiazole rings is 1. The minimum Gasteiger partial charge on any atom is -0.494 e. The van der Waals surface area contributed by atoms with E-state index < -0.39 is 0 Å². The van der Waals surface area contributed by atoms with Crippen LogP contribution in [-0.2, 0) is 6.54 Å². The molecule has 6 heteroatoms. The molecule has 2 amide bonds. The van der Waals surface area contributed by atoms with Crippen molar-refractivity contribution in [3.8, 4) is 5.75 Å². The zero-order valence-electron chi connectivity index (χ0n) is 15.6. The van der Waals surface area contributed by atoms with Crippen LogP contribution in [0.15, 0.2) is 35.8 Å². The predicted octanol–water partition coefficient (Wildman–Crippen LogP) is 4.93. The molecule has 0 spiro atoms. The summed E-state index contributed by atoms with van der Waals surface area (Å²) >= 11 is 1.48. The molecular formula is C20H27N3O2S. The highest BCUT2D eigenvalue weighted by Gasteiger charge is 2.29. The number of amides is 2. The van der Waals surface area contributed by atoms with Gasteiger partial charge >= 0.3 is 6.03 Å². The van der Waals surface area contributed by atoms with Gasteiger partial charge in [0.1, 0.15) is 5.75 Å². The van der Waals surface area contributed by atoms with Crippen LogP contribution in [0, 0.1) is 0 Å². The fourth-order valence-electron chi connectivity index (χ4n) is 3.52. The van der Waals surface area contributed by atoms with Crippen LogP contribution in [0.25, 0.3) is 0 Å². The molecule has 0 radical (unpaired) electrons. The summed E-state index contributed by atoms with van der Waals surface area (Å²) < 4.78 is 5.78. The standard InChI is InChI=1S/C20H27N3O2S/c1-3-25-18-12-8-7-9-16(18)15-23(17-10-5-4-6-11-17)20(24)22(2)19-21-13-14-26-19/h7-9,12-14,17H,3-6,10-11,15H2,1-2H3. The lowest BCUT2D eigenvalue weighted by Gasteiger charge is -2.36. The molecule has 1 aliphatic carbocycles. The summed E-state index contributed by atoms with van der Waals surface area (Å²) in [5, 5.41) is 2.63. The van der Waals surface area contributed by atoms with Crippen molar-refractivity contribution in [2.24, 2.45) is 0 Å². The van der Waals surface area contributed by atoms with Crippen molar-refractivity contribution in [1.82, 2.24) is 9.88 Å². The number of rotatable bonds is 6. The number of ether oxygens (including phenoxy) is 1. The van der Waals surface area contributed by atoms with Crippen LogP contribution >= 0.6 is 11.3 Å². The van der Waals surface area contributed by atoms with Crippen LogP contribution in [0.1, 0.15) is 44.6 Å². The molecule has 1 heterocycles. The Hall–Kier alpha value is -2.08. The molecule has 0 N–H and O–H groups in total. The van der Waals surface area contributed by atoms with E-state index in [1.54, 1.807) is 11.1 Å². The first-order valence-electron chi connectivity index (χ1n) is 9.35. The molecule has 5 nitrogen and oxygen atoms in total. The van der Waals surface area contributed by atoms with Gasteiger partial charge in [0.05, 0.1) is 13.2 Å². The second-order valence-electron chi connectivity index (χ2n) is 6.62. The third-order valence-corrected chi connectivity index (χ3v) is 5.72. The summed E-state index contributed by atoms with van der Waals surface area (Å²) in [5.74, 6) is 0.862. The molecule has 1 saturated carbocycles. The molecule has 1 aliphatic rings. The number of anilines is 1. The maximum Gasteiger partial charge on any atom is 0.326 e. The van der Waals surface area contributed by atoms with Gasteiger partial charge in [0.2, 0.25) is 0 Å². The molecule has 0 atom stereocenters. The first kappa shape index (κ1) is 18.7. The third-order valence-electron chi connectivity index (χ3n) is 4.87. The van der Waals surface area contributed by atoms with E-state index in [2.05, 4.69) is 11.1 Å². The van der Waals surface area contributed by atoms with Crippen LogP contribution in [0.2, 0.25) is 0 Å². The van der Waals surface area contributed by atoms with Crippen molar-refractivity contribution < 1.29 is 9.53 Å². The first-order valence-corrected chi connectivity index (χ1v) is 10.2. The summed E-state index contributed by atoms with van der Waals surface area (Å²) in [6.45, 7) is 3.17. The Morgan fingerprint density at radius 2 is 2.04 bits per heavy atom. The molecule has 0 saturated heterocycles. The molecule has 1 aromatic carbocycles. The number of benzene rings is 1. The maximum absolute atomic E-state index is 13.3. The number of nitrogens with zero attached hydrogens (tertiary/aromatic N) is 3. The van der Waals surface area contributed by atoms with E-state index in [1.165, 1.54) is 30.6 Å². The van der Waals surface area contributed by atoms with E-state index in [4.69, 9.17) is 4.74 Å². The highest BCUT2D eigenvalue weighted by molar-refractivity contribution is 7.13. The number of para-hydroxylation sites is 1. The van der Waals surface area contributed by atoms with E-state index in [9.17, 15) is 4.79 Å². The summed E-state index contributed by atoms with van der Waals surface area (Å²) in [6.07, 6.45) is 7.49. The van der Waals surface area contributed by atoms with Gasteiger partial charge in [-0.05, 0) is 25.8 Å². The van der Waals surface area contributed by atoms with E-state index in [1.807, 2.05) is 42.5 Å². The van der Waals surface area contributed by atoms with Gasteiger partial charge in [0.15, 0.2) is 5.13 Å². The van der Waals surface area contributed by atoms with Crippen LogP contribution in [-0.4, -0.2) is 35.6 Å². The zero-order valence-corrected chi connectivity index (χ0v) is 16.4. The molecule has 1 fully saturated rings. The molecule has 0 aliphatic heterocycles. The molecule has 0 unspecified atom stereocenters. The van der Waals surface area contributed by atoms with Gasteiger partial charge in [-0.1, -0.05) is 37.5 Å². The molecule has 2 aromatic rings. The Labute approximate surface area is 159 Å². The van der Waals surface area contributed by atoms with E-state index in [0.29, 0.717) is 13.2 Å². The minimum absolute atomic E-state index is 0.0122. The number of aromatic nitrogens is 1. The largest absolute Gasteiger partial charge is 0.494 e. The summed E-state index contributed by atoms with van der Waals surface area (Å²) in [4.78, 5) is 21.3. The van der Waals surface area contributed by atoms with Gasteiger partial charge in [-0.15, -0.1) is 11.3 Å². The van der Waals surface area contributed by atoms with Gasteiger partial charge in [-0.3, -0.25) is 4.90 Å². The second-order valence-corrected chi connectivity index (χ2v) is 7.49. The van der Waals surface area contributed by atoms with Gasteiger partial charge in [-0.25, -0.2) is 9.78 Å². The van der Waals surface area contributed by atoms with Crippen molar-refractivity contribution in [1.29, 1.82) is 0 Å². The van der Waals surface area contributed by atoms with Crippen LogP contribution in [0.4, 0.5) is 9.93 Å². The van der Waals surface area contributed by atoms with Crippen LogP contribution in [0.5, 0.6) is 5.75 Å². The molecular weight excluding hydrogens is 346 g/mol. The van der Waals surface area contributed by atoms with E-state index in [0.717, 1.165) is 29.3 Å². The Bertz CT molecular complexity index is 699. The molecule has 140 valence electrons. The smallest absolute Gasteiger partial charge is 0.326 e. The topological polar surface area (TPSA) is 45.7 Å². The van der Waals surface area contributed by atoms with Crippen molar-refractivity contribution >= 4 is 22.5 Å². The average Bonchev–Trinajstić information content (AvgIpc) is 3.22. The summed E-state index contributed by atoms with van der Waals surface area (Å²) in [5.41, 5.74) is 1.06. The van der Waals surface area contributed by atoms with E-state index in [-0.39, 0.29) is 12.1 Å². The Morgan fingerprint density at radius 1 is 1.27 bits per heavy atom. The van der Waals surface area contributed by atoms with E-state index >= 15 is 0 Å². The summed E-state index contributed by atoms with van der Waals surface area (Å²) in [6, 6.07) is 8.30. The quantitative estimate of drug-likeness (QED) is 0.721. The second kappa shape index (κ2) is 9.03. The molecule has 0 bridgehead atoms. The average molecular weight is 374 g/mol. The van der Waals surface area contributed by atoms with Crippen LogP contribution < -0.4 is 9.64 Å². The van der Waals surface area contributed by atoms with Gasteiger partial charge in [-0.2, -0.15) is 0 Å². The lowest BCUT2D eigenvalue weighted by atomic mass is 9.94. The lowest BCUT2D eigenvalue weighted by molar-refractivity contribution is 0.156. The molecule has 3 rings (SSSR count). The Kier molecular flexibility index (Phi) is 6.50. The van der Waals surface area contributed by atoms with Crippen molar-refractivity contribution in [3.05, 3.63) is 41.4 Å². The number of hydrogen-bond donors (Lipinski definition) is 0. The Morgan fingerprint density at radius 3 is 2.73 bits per heavy atom. The predicted molar refractivity (Wildman–Crippen MR) is 106 cm³/mol. The van der Waals surface area contributed by atoms with Crippen LogP contribution in [0.3, 0.4) is 0 Å². The molecule has 26 heavy (non-hydrogen) atoms. The van der Waals surface area contributed by atoms with Gasteiger partial charge in [0.25, 0.3) is 0 Å². The van der Waals surface area contributed by atoms with Crippen molar-refractivity contribution in [2.75, 3.05) is 18.6 Å². The summed E-state index contributed by atoms with van der Waals surface area (Å²) in [7, 11) is 1.81. The number of hydrogen-bond acceptors (Lipinski definition) is 4. The minimum atomic E-state index is 0.0122. The van der Waals surface area contributed by atoms with Crippen molar-refractivity contribution in [2.45, 2.75) is 51.6 Å². The zero-order chi connectivity index (χ0) is 18.4. The van der Waals surface area contributed by atoms with Crippen molar-refractivity contribution in [3.63, 3.8) is 0 Å². The lowest BCUT2D eigenvalue weighted by Crippen LogP contribution is -2.47. The third kappa shape index (κ3) is 4.36. The van der Waals surface area contributed by atoms with Gasteiger partial charge in [0, 0.05) is 30.2 Å². The number of carbonyl (C=O) groups is 1. The SMILES string of the molecule is CCOc1ccccc1CN(C(=O)N(C)c1nccs1)C1CCCCC1. The fraction of sp³-hybridized carbons (Fsp3) is 0.500. The highest BCUT2D eigenvalue weighted by atomic mass is 32.1. The monoisotopic (exact) mass is 373 g/mol. The van der Waals surface area contributed by atoms with Gasteiger partial charge < -0.3 is 9.64 Å². The normalized spacial score (nSPS) is 14.8. The maximum atomic E-state index is 13.3. The fourth-order valence-corrected chi connectivity index (χ4v) is 4.12. The number of carbonyl (C=O) groups excluding carboxylic acids is 1. The first-order chi connectivity index (χ1) is 12.7.